The van der Waals surface area contributed by atoms with Gasteiger partial charge in [-0.25, -0.2) is 4.68 Å². The first-order chi connectivity index (χ1) is 24.2. The summed E-state index contributed by atoms with van der Waals surface area (Å²) in [6.07, 6.45) is 6.98. The highest BCUT2D eigenvalue weighted by Crippen LogP contribution is 2.53. The Morgan fingerprint density at radius 1 is 0.980 bits per heavy atom. The van der Waals surface area contributed by atoms with Gasteiger partial charge in [0.1, 0.15) is 35.9 Å². The Hall–Kier alpha value is -4.88. The SMILES string of the molecule is C[C@@H]1[C@@H](c2ccccc2)OC(=O)[C@@H]2[C@H]3C(=O)N(CCCCO)[C@@H]4C(=O)N(Cn5nnc6ccccc65)CC=C[C@]34O[C@@H]2/C=C\CCC(=O)N1C. The zero-order valence-corrected chi connectivity index (χ0v) is 28.2. The second kappa shape index (κ2) is 13.8. The minimum Gasteiger partial charge on any atom is -0.455 e. The second-order valence-electron chi connectivity index (χ2n) is 13.5. The fraction of sp³-hybridized carbons (Fsp3) is 0.459. The molecule has 0 aliphatic carbocycles. The number of para-hydroxylation sites is 1. The molecule has 2 aromatic carbocycles. The molecule has 3 aromatic rings. The number of nitrogens with zero attached hydrogens (tertiary/aromatic N) is 6. The number of unbranched alkanes of at least 4 members (excludes halogenated alkanes) is 1. The maximum absolute atomic E-state index is 14.7. The molecule has 2 fully saturated rings. The molecule has 2 saturated heterocycles. The summed E-state index contributed by atoms with van der Waals surface area (Å²) in [7, 11) is 1.70. The van der Waals surface area contributed by atoms with Gasteiger partial charge in [0, 0.05) is 33.2 Å². The molecule has 4 aliphatic heterocycles. The lowest BCUT2D eigenvalue weighted by atomic mass is 9.77. The molecule has 4 aliphatic rings. The lowest BCUT2D eigenvalue weighted by molar-refractivity contribution is -0.164. The van der Waals surface area contributed by atoms with E-state index >= 15 is 0 Å². The molecule has 3 amide bonds. The molecule has 13 nitrogen and oxygen atoms in total. The summed E-state index contributed by atoms with van der Waals surface area (Å²) >= 11 is 0. The average Bonchev–Trinajstić information content (AvgIpc) is 3.72. The number of aliphatic hydroxyl groups excluding tert-OH is 1. The van der Waals surface area contributed by atoms with Crippen molar-refractivity contribution < 1.29 is 33.8 Å². The van der Waals surface area contributed by atoms with E-state index in [0.717, 1.165) is 5.52 Å². The molecular weight excluding hydrogens is 640 g/mol. The topological polar surface area (TPSA) is 147 Å². The van der Waals surface area contributed by atoms with Gasteiger partial charge in [0.05, 0.1) is 23.6 Å². The average molecular weight is 683 g/mol. The van der Waals surface area contributed by atoms with Crippen molar-refractivity contribution in [2.24, 2.45) is 11.8 Å². The lowest BCUT2D eigenvalue weighted by Gasteiger charge is -2.35. The molecule has 262 valence electrons. The van der Waals surface area contributed by atoms with Crippen molar-refractivity contribution in [3.8, 4) is 0 Å². The first-order valence-corrected chi connectivity index (χ1v) is 17.3. The third-order valence-electron chi connectivity index (χ3n) is 10.5. The molecule has 1 spiro atoms. The summed E-state index contributed by atoms with van der Waals surface area (Å²) in [6, 6.07) is 15.1. The van der Waals surface area contributed by atoms with Crippen molar-refractivity contribution in [1.29, 1.82) is 0 Å². The predicted octanol–water partition coefficient (Wildman–Crippen LogP) is 2.62. The van der Waals surface area contributed by atoms with Crippen LogP contribution in [-0.4, -0.2) is 109 Å². The van der Waals surface area contributed by atoms with E-state index in [1.54, 1.807) is 39.8 Å². The van der Waals surface area contributed by atoms with Gasteiger partial charge in [-0.1, -0.05) is 72.0 Å². The Bertz CT molecular complexity index is 1830. The van der Waals surface area contributed by atoms with Gasteiger partial charge in [-0.3, -0.25) is 19.2 Å². The number of carbonyl (C=O) groups excluding carboxylic acids is 4. The van der Waals surface area contributed by atoms with E-state index in [-0.39, 0.29) is 50.5 Å². The van der Waals surface area contributed by atoms with E-state index in [2.05, 4.69) is 10.3 Å². The number of amides is 3. The lowest BCUT2D eigenvalue weighted by Crippen LogP contribution is -2.55. The number of ether oxygens (including phenoxy) is 2. The van der Waals surface area contributed by atoms with Gasteiger partial charge >= 0.3 is 5.97 Å². The van der Waals surface area contributed by atoms with E-state index < -0.39 is 47.7 Å². The Morgan fingerprint density at radius 3 is 2.56 bits per heavy atom. The summed E-state index contributed by atoms with van der Waals surface area (Å²) in [5.41, 5.74) is 0.704. The number of cyclic esters (lactones) is 1. The standard InChI is InChI=1S/C37H42N6O7/c1-24-32(25-13-4-3-5-14-25)49-36(48)30-28(17-8-9-18-29(45)40(24)2)50-37-19-12-20-41(23-43-27-16-7-6-15-26(27)38-39-43)35(47)33(37)42(21-10-11-22-44)34(46)31(30)37/h3-8,12-17,19,24,28,30-33,44H,9-11,18,20-23H2,1-2H3/b17-8-/t24-,28-,30+,31+,32+,33-,37+/m1/s1. The van der Waals surface area contributed by atoms with Gasteiger partial charge in [0.25, 0.3) is 5.91 Å². The number of carbonyl (C=O) groups is 4. The van der Waals surface area contributed by atoms with E-state index in [4.69, 9.17) is 9.47 Å². The molecule has 1 aromatic heterocycles. The molecular formula is C37H42N6O7. The van der Waals surface area contributed by atoms with E-state index in [1.165, 1.54) is 4.90 Å². The fourth-order valence-corrected chi connectivity index (χ4v) is 7.88. The largest absolute Gasteiger partial charge is 0.455 e. The third-order valence-corrected chi connectivity index (χ3v) is 10.5. The number of aliphatic hydroxyl groups is 1. The number of fused-ring (bicyclic) bond motifs is 3. The number of rotatable bonds is 7. The van der Waals surface area contributed by atoms with Gasteiger partial charge < -0.3 is 29.3 Å². The first kappa shape index (κ1) is 33.6. The minimum atomic E-state index is -1.47. The van der Waals surface area contributed by atoms with Crippen LogP contribution in [0.5, 0.6) is 0 Å². The Balaban J connectivity index is 1.28. The quantitative estimate of drug-likeness (QED) is 0.226. The molecule has 0 bridgehead atoms. The number of benzene rings is 2. The van der Waals surface area contributed by atoms with Crippen molar-refractivity contribution in [3.63, 3.8) is 0 Å². The van der Waals surface area contributed by atoms with Crippen molar-refractivity contribution in [2.45, 2.75) is 69.2 Å². The summed E-state index contributed by atoms with van der Waals surface area (Å²) in [6.45, 7) is 2.29. The van der Waals surface area contributed by atoms with Crippen LogP contribution in [0.15, 0.2) is 78.9 Å². The van der Waals surface area contributed by atoms with Gasteiger partial charge in [-0.2, -0.15) is 0 Å². The Kier molecular flexibility index (Phi) is 9.27. The molecule has 13 heteroatoms. The van der Waals surface area contributed by atoms with Gasteiger partial charge in [0.2, 0.25) is 11.8 Å². The van der Waals surface area contributed by atoms with Gasteiger partial charge in [0.15, 0.2) is 0 Å². The maximum Gasteiger partial charge on any atom is 0.313 e. The monoisotopic (exact) mass is 682 g/mol. The van der Waals surface area contributed by atoms with Crippen LogP contribution in [0.2, 0.25) is 0 Å². The number of esters is 1. The number of likely N-dealkylation sites (tertiary alicyclic amines) is 1. The second-order valence-corrected chi connectivity index (χ2v) is 13.5. The van der Waals surface area contributed by atoms with E-state index in [1.807, 2.05) is 67.6 Å². The fourth-order valence-electron chi connectivity index (χ4n) is 7.88. The van der Waals surface area contributed by atoms with Crippen LogP contribution in [0.25, 0.3) is 11.0 Å². The third kappa shape index (κ3) is 5.77. The zero-order chi connectivity index (χ0) is 35.0. The highest BCUT2D eigenvalue weighted by Gasteiger charge is 2.71. The smallest absolute Gasteiger partial charge is 0.313 e. The molecule has 7 rings (SSSR count). The highest BCUT2D eigenvalue weighted by atomic mass is 16.6. The number of likely N-dealkylation sites (N-methyl/N-ethyl adjacent to an activating group) is 1. The predicted molar refractivity (Wildman–Crippen MR) is 181 cm³/mol. The zero-order valence-electron chi connectivity index (χ0n) is 28.2. The number of hydrogen-bond donors (Lipinski definition) is 1. The van der Waals surface area contributed by atoms with Crippen molar-refractivity contribution in [2.75, 3.05) is 26.7 Å². The van der Waals surface area contributed by atoms with Crippen LogP contribution in [0.1, 0.15) is 44.3 Å². The molecule has 7 atom stereocenters. The van der Waals surface area contributed by atoms with Crippen LogP contribution < -0.4 is 0 Å². The van der Waals surface area contributed by atoms with Crippen LogP contribution in [-0.2, 0) is 35.3 Å². The number of hydrogen-bond acceptors (Lipinski definition) is 9. The van der Waals surface area contributed by atoms with Crippen LogP contribution in [0, 0.1) is 11.8 Å². The van der Waals surface area contributed by atoms with Crippen molar-refractivity contribution in [3.05, 3.63) is 84.5 Å². The molecule has 0 unspecified atom stereocenters. The van der Waals surface area contributed by atoms with Crippen LogP contribution >= 0.6 is 0 Å². The van der Waals surface area contributed by atoms with Crippen LogP contribution in [0.3, 0.4) is 0 Å². The van der Waals surface area contributed by atoms with Crippen molar-refractivity contribution >= 4 is 34.7 Å². The van der Waals surface area contributed by atoms with E-state index in [9.17, 15) is 24.3 Å². The number of aromatic nitrogens is 3. The molecule has 50 heavy (non-hydrogen) atoms. The van der Waals surface area contributed by atoms with Gasteiger partial charge in [-0.15, -0.1) is 5.10 Å². The Labute approximate surface area is 290 Å². The van der Waals surface area contributed by atoms with Crippen LogP contribution in [0.4, 0.5) is 0 Å². The molecule has 5 heterocycles. The summed E-state index contributed by atoms with van der Waals surface area (Å²) in [5.74, 6) is -3.56. The molecule has 0 saturated carbocycles. The maximum atomic E-state index is 14.7. The van der Waals surface area contributed by atoms with Gasteiger partial charge in [-0.05, 0) is 43.9 Å². The summed E-state index contributed by atoms with van der Waals surface area (Å²) < 4.78 is 14.8. The Morgan fingerprint density at radius 2 is 1.76 bits per heavy atom. The summed E-state index contributed by atoms with van der Waals surface area (Å²) in [5, 5.41) is 18.1. The molecule has 1 N–H and O–H groups in total. The minimum absolute atomic E-state index is 0.0606. The summed E-state index contributed by atoms with van der Waals surface area (Å²) in [4.78, 5) is 61.8. The van der Waals surface area contributed by atoms with E-state index in [0.29, 0.717) is 30.3 Å². The molecule has 0 radical (unpaired) electrons. The first-order valence-electron chi connectivity index (χ1n) is 17.3. The number of allylic oxidation sites excluding steroid dienone is 1. The van der Waals surface area contributed by atoms with Crippen molar-refractivity contribution in [1.82, 2.24) is 29.7 Å². The highest BCUT2D eigenvalue weighted by molar-refractivity contribution is 5.99. The normalized spacial score (nSPS) is 30.7.